The lowest BCUT2D eigenvalue weighted by Crippen LogP contribution is -2.18. The number of rotatable bonds is 8. The molecule has 3 aromatic rings. The highest BCUT2D eigenvalue weighted by molar-refractivity contribution is 6.04. The number of amides is 1. The number of carbonyl (C=O) groups excluding carboxylic acids is 1. The molecular formula is C28H33NO5. The second kappa shape index (κ2) is 10.7. The molecule has 1 aliphatic rings. The third kappa shape index (κ3) is 4.91. The third-order valence-electron chi connectivity index (χ3n) is 6.76. The van der Waals surface area contributed by atoms with Gasteiger partial charge in [0, 0.05) is 18.1 Å². The molecule has 1 atom stereocenters. The summed E-state index contributed by atoms with van der Waals surface area (Å²) in [5.74, 6) is 2.81. The van der Waals surface area contributed by atoms with Gasteiger partial charge in [0.05, 0.1) is 21.3 Å². The molecule has 0 spiro atoms. The summed E-state index contributed by atoms with van der Waals surface area (Å²) in [6.07, 6.45) is 6.09. The topological polar surface area (TPSA) is 69.9 Å². The molecule has 1 N–H and O–H groups in total. The molecule has 0 saturated heterocycles. The monoisotopic (exact) mass is 463 g/mol. The largest absolute Gasteiger partial charge is 0.496 e. The van der Waals surface area contributed by atoms with E-state index >= 15 is 0 Å². The maximum absolute atomic E-state index is 13.2. The van der Waals surface area contributed by atoms with E-state index in [9.17, 15) is 4.79 Å². The van der Waals surface area contributed by atoms with Crippen molar-refractivity contribution in [1.29, 1.82) is 0 Å². The Hall–Kier alpha value is -3.41. The summed E-state index contributed by atoms with van der Waals surface area (Å²) in [5.41, 5.74) is 2.94. The Balaban J connectivity index is 1.64. The normalized spacial score (nSPS) is 14.9. The first-order valence-corrected chi connectivity index (χ1v) is 11.8. The number of carbonyl (C=O) groups is 1. The van der Waals surface area contributed by atoms with Gasteiger partial charge in [0.2, 0.25) is 0 Å². The van der Waals surface area contributed by atoms with Gasteiger partial charge in [0.15, 0.2) is 5.76 Å². The van der Waals surface area contributed by atoms with Crippen molar-refractivity contribution in [3.8, 4) is 17.2 Å². The highest BCUT2D eigenvalue weighted by Gasteiger charge is 2.31. The van der Waals surface area contributed by atoms with Crippen LogP contribution >= 0.6 is 0 Å². The van der Waals surface area contributed by atoms with E-state index in [1.165, 1.54) is 57.5 Å². The van der Waals surface area contributed by atoms with Gasteiger partial charge in [0.1, 0.15) is 28.7 Å². The molecule has 1 aliphatic carbocycles. The molecule has 0 bridgehead atoms. The summed E-state index contributed by atoms with van der Waals surface area (Å²) in [7, 11) is 4.63. The predicted molar refractivity (Wildman–Crippen MR) is 132 cm³/mol. The van der Waals surface area contributed by atoms with Crippen LogP contribution in [0.4, 0.5) is 5.69 Å². The zero-order valence-corrected chi connectivity index (χ0v) is 20.4. The summed E-state index contributed by atoms with van der Waals surface area (Å²) in [4.78, 5) is 13.2. The molecule has 1 unspecified atom stereocenters. The van der Waals surface area contributed by atoms with Crippen LogP contribution in [0.15, 0.2) is 52.9 Å². The van der Waals surface area contributed by atoms with Crippen molar-refractivity contribution in [2.45, 2.75) is 44.9 Å². The Labute approximate surface area is 201 Å². The molecule has 180 valence electrons. The van der Waals surface area contributed by atoms with Crippen LogP contribution in [0.25, 0.3) is 0 Å². The van der Waals surface area contributed by atoms with Crippen LogP contribution in [0, 0.1) is 12.8 Å². The predicted octanol–water partition coefficient (Wildman–Crippen LogP) is 6.58. The summed E-state index contributed by atoms with van der Waals surface area (Å²) in [5, 5.41) is 2.89. The van der Waals surface area contributed by atoms with Crippen molar-refractivity contribution in [2.75, 3.05) is 26.6 Å². The second-order valence-corrected chi connectivity index (χ2v) is 8.80. The quantitative estimate of drug-likeness (QED) is 0.409. The lowest BCUT2D eigenvalue weighted by atomic mass is 9.74. The van der Waals surface area contributed by atoms with Crippen LogP contribution in [0.1, 0.15) is 65.5 Å². The molecule has 4 rings (SSSR count). The van der Waals surface area contributed by atoms with Gasteiger partial charge < -0.3 is 23.9 Å². The Morgan fingerprint density at radius 2 is 1.62 bits per heavy atom. The standard InChI is InChI=1S/C28H33NO5/c1-18-10-8-9-13-21(18)26(19-11-6-5-7-12-19)22-14-15-23(34-22)28(30)29-27-24(32-3)16-20(31-2)17-25(27)33-4/h8-10,13-17,19,26H,5-7,11-12H2,1-4H3,(H,29,30). The maximum Gasteiger partial charge on any atom is 0.291 e. The zero-order valence-electron chi connectivity index (χ0n) is 20.4. The van der Waals surface area contributed by atoms with E-state index in [2.05, 4.69) is 36.5 Å². The van der Waals surface area contributed by atoms with Crippen molar-refractivity contribution in [2.24, 2.45) is 5.92 Å². The van der Waals surface area contributed by atoms with Crippen molar-refractivity contribution >= 4 is 11.6 Å². The van der Waals surface area contributed by atoms with Crippen LogP contribution in [-0.2, 0) is 0 Å². The molecule has 1 heterocycles. The average Bonchev–Trinajstić information content (AvgIpc) is 3.36. The van der Waals surface area contributed by atoms with Gasteiger partial charge in [-0.25, -0.2) is 0 Å². The van der Waals surface area contributed by atoms with Crippen molar-refractivity contribution in [3.05, 3.63) is 71.2 Å². The lowest BCUT2D eigenvalue weighted by molar-refractivity contribution is 0.0992. The third-order valence-corrected chi connectivity index (χ3v) is 6.76. The van der Waals surface area contributed by atoms with Gasteiger partial charge in [-0.05, 0) is 48.9 Å². The number of hydrogen-bond acceptors (Lipinski definition) is 5. The fraction of sp³-hybridized carbons (Fsp3) is 0.393. The van der Waals surface area contributed by atoms with Crippen molar-refractivity contribution in [1.82, 2.24) is 0 Å². The van der Waals surface area contributed by atoms with Crippen molar-refractivity contribution in [3.63, 3.8) is 0 Å². The number of hydrogen-bond donors (Lipinski definition) is 1. The summed E-state index contributed by atoms with van der Waals surface area (Å²) >= 11 is 0. The molecule has 34 heavy (non-hydrogen) atoms. The van der Waals surface area contributed by atoms with E-state index in [4.69, 9.17) is 18.6 Å². The highest BCUT2D eigenvalue weighted by atomic mass is 16.5. The molecule has 1 saturated carbocycles. The van der Waals surface area contributed by atoms with Crippen LogP contribution in [-0.4, -0.2) is 27.2 Å². The van der Waals surface area contributed by atoms with Crippen LogP contribution in [0.2, 0.25) is 0 Å². The fourth-order valence-corrected chi connectivity index (χ4v) is 4.99. The molecular weight excluding hydrogens is 430 g/mol. The van der Waals surface area contributed by atoms with E-state index in [1.807, 2.05) is 6.07 Å². The first kappa shape index (κ1) is 23.7. The molecule has 1 fully saturated rings. The number of furan rings is 1. The van der Waals surface area contributed by atoms with Crippen LogP contribution < -0.4 is 19.5 Å². The SMILES string of the molecule is COc1cc(OC)c(NC(=O)c2ccc(C(c3ccccc3C)C3CCCCC3)o2)c(OC)c1. The van der Waals surface area contributed by atoms with Gasteiger partial charge in [0.25, 0.3) is 5.91 Å². The minimum absolute atomic E-state index is 0.133. The smallest absolute Gasteiger partial charge is 0.291 e. The maximum atomic E-state index is 13.2. The summed E-state index contributed by atoms with van der Waals surface area (Å²) in [6, 6.07) is 15.6. The van der Waals surface area contributed by atoms with Crippen LogP contribution in [0.5, 0.6) is 17.2 Å². The second-order valence-electron chi connectivity index (χ2n) is 8.80. The molecule has 6 nitrogen and oxygen atoms in total. The highest BCUT2D eigenvalue weighted by Crippen LogP contribution is 2.43. The number of aryl methyl sites for hydroxylation is 1. The molecule has 1 amide bonds. The number of ether oxygens (including phenoxy) is 3. The van der Waals surface area contributed by atoms with Gasteiger partial charge in [-0.1, -0.05) is 43.5 Å². The average molecular weight is 464 g/mol. The number of anilines is 1. The van der Waals surface area contributed by atoms with Gasteiger partial charge in [-0.2, -0.15) is 0 Å². The number of methoxy groups -OCH3 is 3. The number of nitrogens with one attached hydrogen (secondary N) is 1. The Bertz CT molecular complexity index is 1100. The Morgan fingerprint density at radius 3 is 2.24 bits per heavy atom. The van der Waals surface area contributed by atoms with E-state index in [0.29, 0.717) is 28.9 Å². The van der Waals surface area contributed by atoms with Gasteiger partial charge in [-0.3, -0.25) is 4.79 Å². The molecule has 6 heteroatoms. The van der Waals surface area contributed by atoms with Crippen LogP contribution in [0.3, 0.4) is 0 Å². The fourth-order valence-electron chi connectivity index (χ4n) is 4.99. The summed E-state index contributed by atoms with van der Waals surface area (Å²) < 4.78 is 22.4. The Kier molecular flexibility index (Phi) is 7.46. The van der Waals surface area contributed by atoms with E-state index in [1.54, 1.807) is 25.3 Å². The molecule has 0 radical (unpaired) electrons. The minimum atomic E-state index is -0.361. The Morgan fingerprint density at radius 1 is 0.941 bits per heavy atom. The lowest BCUT2D eigenvalue weighted by Gasteiger charge is -2.30. The van der Waals surface area contributed by atoms with Gasteiger partial charge >= 0.3 is 0 Å². The molecule has 2 aromatic carbocycles. The minimum Gasteiger partial charge on any atom is -0.496 e. The first-order chi connectivity index (χ1) is 16.5. The van der Waals surface area contributed by atoms with Gasteiger partial charge in [-0.15, -0.1) is 0 Å². The molecule has 0 aliphatic heterocycles. The molecule has 1 aromatic heterocycles. The van der Waals surface area contributed by atoms with E-state index in [-0.39, 0.29) is 17.6 Å². The van der Waals surface area contributed by atoms with Crippen molar-refractivity contribution < 1.29 is 23.4 Å². The van der Waals surface area contributed by atoms with E-state index in [0.717, 1.165) is 5.76 Å². The number of benzene rings is 2. The first-order valence-electron chi connectivity index (χ1n) is 11.8. The van der Waals surface area contributed by atoms with E-state index < -0.39 is 0 Å². The zero-order chi connectivity index (χ0) is 24.1. The summed E-state index contributed by atoms with van der Waals surface area (Å²) in [6.45, 7) is 2.14.